The van der Waals surface area contributed by atoms with E-state index < -0.39 is 0 Å². The molecule has 0 bridgehead atoms. The van der Waals surface area contributed by atoms with E-state index >= 15 is 0 Å². The number of hydrogen-bond donors (Lipinski definition) is 2. The molecule has 102 valence electrons. The van der Waals surface area contributed by atoms with Gasteiger partial charge < -0.3 is 15.3 Å². The molecule has 0 aromatic heterocycles. The molecule has 1 fully saturated rings. The van der Waals surface area contributed by atoms with Gasteiger partial charge >= 0.3 is 0 Å². The summed E-state index contributed by atoms with van der Waals surface area (Å²) in [6, 6.07) is 0.643. The monoisotopic (exact) mass is 242 g/mol. The minimum Gasteiger partial charge on any atom is -0.396 e. The summed E-state index contributed by atoms with van der Waals surface area (Å²) in [5.41, 5.74) is 0.00899. The molecule has 1 aliphatic rings. The molecule has 0 aliphatic carbocycles. The molecular formula is C14H30N2O. The Bertz CT molecular complexity index is 208. The first-order chi connectivity index (χ1) is 7.93. The van der Waals surface area contributed by atoms with Crippen LogP contribution in [0, 0.1) is 11.3 Å². The average molecular weight is 242 g/mol. The largest absolute Gasteiger partial charge is 0.396 e. The van der Waals surface area contributed by atoms with Crippen molar-refractivity contribution in [2.45, 2.75) is 46.6 Å². The van der Waals surface area contributed by atoms with Crippen LogP contribution >= 0.6 is 0 Å². The van der Waals surface area contributed by atoms with Gasteiger partial charge in [0.1, 0.15) is 0 Å². The van der Waals surface area contributed by atoms with Gasteiger partial charge in [0.05, 0.1) is 0 Å². The van der Waals surface area contributed by atoms with Crippen molar-refractivity contribution in [2.75, 3.05) is 32.8 Å². The van der Waals surface area contributed by atoms with Crippen LogP contribution in [0.5, 0.6) is 0 Å². The Balaban J connectivity index is 2.19. The topological polar surface area (TPSA) is 35.5 Å². The Morgan fingerprint density at radius 1 is 1.29 bits per heavy atom. The van der Waals surface area contributed by atoms with Crippen molar-refractivity contribution in [3.8, 4) is 0 Å². The van der Waals surface area contributed by atoms with E-state index in [0.29, 0.717) is 6.04 Å². The lowest BCUT2D eigenvalue weighted by Gasteiger charge is -2.35. The molecule has 0 aromatic carbocycles. The number of rotatable bonds is 6. The molecule has 3 nitrogen and oxygen atoms in total. The van der Waals surface area contributed by atoms with Crippen LogP contribution in [0.1, 0.15) is 40.5 Å². The van der Waals surface area contributed by atoms with Crippen molar-refractivity contribution in [2.24, 2.45) is 11.3 Å². The molecule has 0 radical (unpaired) electrons. The van der Waals surface area contributed by atoms with Crippen LogP contribution in [0.3, 0.4) is 0 Å². The summed E-state index contributed by atoms with van der Waals surface area (Å²) in [4.78, 5) is 2.57. The van der Waals surface area contributed by atoms with Crippen molar-refractivity contribution in [1.29, 1.82) is 0 Å². The van der Waals surface area contributed by atoms with E-state index in [2.05, 4.69) is 37.9 Å². The third-order valence-electron chi connectivity index (χ3n) is 3.51. The molecule has 1 aliphatic heterocycles. The third-order valence-corrected chi connectivity index (χ3v) is 3.51. The van der Waals surface area contributed by atoms with Gasteiger partial charge in [-0.2, -0.15) is 0 Å². The van der Waals surface area contributed by atoms with Crippen molar-refractivity contribution >= 4 is 0 Å². The molecule has 0 spiro atoms. The SMILES string of the molecule is CC(C)CN1CCC(NCC(C)(C)CO)CC1. The van der Waals surface area contributed by atoms with Gasteiger partial charge in [0.2, 0.25) is 0 Å². The maximum Gasteiger partial charge on any atom is 0.0494 e. The van der Waals surface area contributed by atoms with Crippen molar-refractivity contribution in [1.82, 2.24) is 10.2 Å². The second kappa shape index (κ2) is 6.72. The number of nitrogens with one attached hydrogen (secondary N) is 1. The highest BCUT2D eigenvalue weighted by Gasteiger charge is 2.22. The Kier molecular flexibility index (Phi) is 5.90. The van der Waals surface area contributed by atoms with Crippen LogP contribution in [-0.2, 0) is 0 Å². The van der Waals surface area contributed by atoms with E-state index in [9.17, 15) is 5.11 Å². The number of piperidine rings is 1. The van der Waals surface area contributed by atoms with Gasteiger partial charge in [0, 0.05) is 31.2 Å². The van der Waals surface area contributed by atoms with Crippen LogP contribution in [-0.4, -0.2) is 48.8 Å². The minimum atomic E-state index is 0.00899. The molecule has 1 rings (SSSR count). The maximum atomic E-state index is 9.22. The van der Waals surface area contributed by atoms with Gasteiger partial charge in [-0.05, 0) is 31.8 Å². The second-order valence-corrected chi connectivity index (χ2v) is 6.67. The van der Waals surface area contributed by atoms with Crippen LogP contribution in [0.4, 0.5) is 0 Å². The predicted molar refractivity (Wildman–Crippen MR) is 73.2 cm³/mol. The Morgan fingerprint density at radius 2 is 1.88 bits per heavy atom. The van der Waals surface area contributed by atoms with E-state index in [1.54, 1.807) is 0 Å². The number of aliphatic hydroxyl groups excluding tert-OH is 1. The van der Waals surface area contributed by atoms with Gasteiger partial charge in [-0.3, -0.25) is 0 Å². The van der Waals surface area contributed by atoms with Gasteiger partial charge in [-0.1, -0.05) is 27.7 Å². The van der Waals surface area contributed by atoms with E-state index in [1.165, 1.54) is 32.5 Å². The molecular weight excluding hydrogens is 212 g/mol. The predicted octanol–water partition coefficient (Wildman–Crippen LogP) is 1.71. The summed E-state index contributed by atoms with van der Waals surface area (Å²) in [6.45, 7) is 13.6. The summed E-state index contributed by atoms with van der Waals surface area (Å²) in [7, 11) is 0. The van der Waals surface area contributed by atoms with Crippen LogP contribution < -0.4 is 5.32 Å². The molecule has 0 saturated carbocycles. The minimum absolute atomic E-state index is 0.00899. The second-order valence-electron chi connectivity index (χ2n) is 6.67. The average Bonchev–Trinajstić information content (AvgIpc) is 2.28. The Labute approximate surface area is 107 Å². The molecule has 1 heterocycles. The Hall–Kier alpha value is -0.120. The molecule has 0 atom stereocenters. The lowest BCUT2D eigenvalue weighted by molar-refractivity contribution is 0.137. The van der Waals surface area contributed by atoms with Crippen LogP contribution in [0.25, 0.3) is 0 Å². The standard InChI is InChI=1S/C14H30N2O/c1-12(2)9-16-7-5-13(6-8-16)15-10-14(3,4)11-17/h12-13,15,17H,5-11H2,1-4H3. The van der Waals surface area contributed by atoms with Crippen LogP contribution in [0.15, 0.2) is 0 Å². The number of hydrogen-bond acceptors (Lipinski definition) is 3. The summed E-state index contributed by atoms with van der Waals surface area (Å²) in [5, 5.41) is 12.8. The fourth-order valence-electron chi connectivity index (χ4n) is 2.31. The van der Waals surface area contributed by atoms with Gasteiger partial charge in [-0.15, -0.1) is 0 Å². The van der Waals surface area contributed by atoms with E-state index in [1.807, 2.05) is 0 Å². The molecule has 2 N–H and O–H groups in total. The first kappa shape index (κ1) is 14.9. The summed E-state index contributed by atoms with van der Waals surface area (Å²) in [5.74, 6) is 0.771. The highest BCUT2D eigenvalue weighted by molar-refractivity contribution is 4.80. The molecule has 0 amide bonds. The zero-order valence-electron chi connectivity index (χ0n) is 12.0. The molecule has 1 saturated heterocycles. The zero-order valence-corrected chi connectivity index (χ0v) is 12.0. The van der Waals surface area contributed by atoms with Gasteiger partial charge in [-0.25, -0.2) is 0 Å². The van der Waals surface area contributed by atoms with E-state index in [-0.39, 0.29) is 12.0 Å². The normalized spacial score (nSPS) is 20.1. The van der Waals surface area contributed by atoms with Gasteiger partial charge in [0.15, 0.2) is 0 Å². The maximum absolute atomic E-state index is 9.22. The zero-order chi connectivity index (χ0) is 12.9. The highest BCUT2D eigenvalue weighted by Crippen LogP contribution is 2.15. The van der Waals surface area contributed by atoms with Crippen molar-refractivity contribution in [3.05, 3.63) is 0 Å². The van der Waals surface area contributed by atoms with Crippen molar-refractivity contribution < 1.29 is 5.11 Å². The summed E-state index contributed by atoms with van der Waals surface area (Å²) in [6.07, 6.45) is 2.49. The molecule has 3 heteroatoms. The first-order valence-corrected chi connectivity index (χ1v) is 6.99. The first-order valence-electron chi connectivity index (χ1n) is 6.99. The van der Waals surface area contributed by atoms with E-state index in [0.717, 1.165) is 12.5 Å². The van der Waals surface area contributed by atoms with E-state index in [4.69, 9.17) is 0 Å². The summed E-state index contributed by atoms with van der Waals surface area (Å²) < 4.78 is 0. The van der Waals surface area contributed by atoms with Crippen LogP contribution in [0.2, 0.25) is 0 Å². The third kappa shape index (κ3) is 5.84. The Morgan fingerprint density at radius 3 is 2.35 bits per heavy atom. The lowest BCUT2D eigenvalue weighted by atomic mass is 9.93. The fourth-order valence-corrected chi connectivity index (χ4v) is 2.31. The highest BCUT2D eigenvalue weighted by atomic mass is 16.3. The van der Waals surface area contributed by atoms with Gasteiger partial charge in [0.25, 0.3) is 0 Å². The molecule has 17 heavy (non-hydrogen) atoms. The quantitative estimate of drug-likeness (QED) is 0.744. The fraction of sp³-hybridized carbons (Fsp3) is 1.00. The molecule has 0 unspecified atom stereocenters. The number of likely N-dealkylation sites (tertiary alicyclic amines) is 1. The van der Waals surface area contributed by atoms with Crippen molar-refractivity contribution in [3.63, 3.8) is 0 Å². The summed E-state index contributed by atoms with van der Waals surface area (Å²) >= 11 is 0. The number of nitrogens with zero attached hydrogens (tertiary/aromatic N) is 1. The molecule has 0 aromatic rings. The lowest BCUT2D eigenvalue weighted by Crippen LogP contribution is -2.46. The number of aliphatic hydroxyl groups is 1. The smallest absolute Gasteiger partial charge is 0.0494 e.